The lowest BCUT2D eigenvalue weighted by atomic mass is 9.81. The molecule has 16 heavy (non-hydrogen) atoms. The Morgan fingerprint density at radius 3 is 2.62 bits per heavy atom. The molecular formula is C15H27N. The Morgan fingerprint density at radius 2 is 1.94 bits per heavy atom. The molecule has 0 aromatic carbocycles. The van der Waals surface area contributed by atoms with Crippen LogP contribution >= 0.6 is 0 Å². The van der Waals surface area contributed by atoms with Crippen LogP contribution in [-0.4, -0.2) is 12.6 Å². The van der Waals surface area contributed by atoms with Crippen LogP contribution in [0.1, 0.15) is 58.3 Å². The zero-order valence-electron chi connectivity index (χ0n) is 10.8. The van der Waals surface area contributed by atoms with Gasteiger partial charge in [-0.2, -0.15) is 0 Å². The molecule has 0 saturated heterocycles. The molecule has 0 aromatic rings. The molecule has 92 valence electrons. The maximum Gasteiger partial charge on any atom is 0.00696 e. The van der Waals surface area contributed by atoms with E-state index >= 15 is 0 Å². The minimum atomic E-state index is 0.855. The molecule has 3 aliphatic carbocycles. The van der Waals surface area contributed by atoms with Crippen LogP contribution in [-0.2, 0) is 0 Å². The molecule has 0 heterocycles. The molecular weight excluding hydrogens is 194 g/mol. The molecule has 1 nitrogen and oxygen atoms in total. The highest BCUT2D eigenvalue weighted by Crippen LogP contribution is 2.51. The summed E-state index contributed by atoms with van der Waals surface area (Å²) in [6, 6.07) is 0.855. The van der Waals surface area contributed by atoms with Gasteiger partial charge in [-0.15, -0.1) is 0 Å². The summed E-state index contributed by atoms with van der Waals surface area (Å²) in [7, 11) is 0. The normalized spacial score (nSPS) is 46.7. The van der Waals surface area contributed by atoms with Crippen LogP contribution in [0.5, 0.6) is 0 Å². The van der Waals surface area contributed by atoms with Crippen molar-refractivity contribution in [3.63, 3.8) is 0 Å². The van der Waals surface area contributed by atoms with Crippen LogP contribution in [0, 0.1) is 23.7 Å². The third-order valence-corrected chi connectivity index (χ3v) is 5.55. The zero-order valence-corrected chi connectivity index (χ0v) is 10.8. The van der Waals surface area contributed by atoms with Crippen LogP contribution in [0.2, 0.25) is 0 Å². The third-order valence-electron chi connectivity index (χ3n) is 5.55. The van der Waals surface area contributed by atoms with Crippen molar-refractivity contribution in [2.24, 2.45) is 23.7 Å². The van der Waals surface area contributed by atoms with Gasteiger partial charge >= 0.3 is 0 Å². The second-order valence-corrected chi connectivity index (χ2v) is 6.60. The maximum absolute atomic E-state index is 3.63. The van der Waals surface area contributed by atoms with E-state index in [4.69, 9.17) is 0 Å². The summed E-state index contributed by atoms with van der Waals surface area (Å²) in [5.41, 5.74) is 0. The lowest BCUT2D eigenvalue weighted by Crippen LogP contribution is -2.26. The Hall–Kier alpha value is -0.0400. The highest BCUT2D eigenvalue weighted by Gasteiger charge is 2.40. The van der Waals surface area contributed by atoms with Gasteiger partial charge in [-0.3, -0.25) is 0 Å². The van der Waals surface area contributed by atoms with Gasteiger partial charge in [0, 0.05) is 6.04 Å². The zero-order chi connectivity index (χ0) is 11.0. The topological polar surface area (TPSA) is 12.0 Å². The smallest absolute Gasteiger partial charge is 0.00696 e. The fourth-order valence-corrected chi connectivity index (χ4v) is 4.86. The van der Waals surface area contributed by atoms with Crippen molar-refractivity contribution in [1.82, 2.24) is 5.32 Å². The first-order chi connectivity index (χ1) is 7.85. The average molecular weight is 221 g/mol. The largest absolute Gasteiger partial charge is 0.314 e. The predicted molar refractivity (Wildman–Crippen MR) is 68.4 cm³/mol. The van der Waals surface area contributed by atoms with Crippen molar-refractivity contribution in [3.8, 4) is 0 Å². The van der Waals surface area contributed by atoms with Crippen LogP contribution in [0.15, 0.2) is 0 Å². The SMILES string of the molecule is CCNC1CCC(CC2CC3CCC2C3)C1. The number of hydrogen-bond acceptors (Lipinski definition) is 1. The van der Waals surface area contributed by atoms with Gasteiger partial charge in [0.15, 0.2) is 0 Å². The van der Waals surface area contributed by atoms with E-state index in [1.165, 1.54) is 19.3 Å². The van der Waals surface area contributed by atoms with Crippen LogP contribution in [0.4, 0.5) is 0 Å². The summed E-state index contributed by atoms with van der Waals surface area (Å²) >= 11 is 0. The van der Waals surface area contributed by atoms with E-state index < -0.39 is 0 Å². The van der Waals surface area contributed by atoms with Gasteiger partial charge in [0.05, 0.1) is 0 Å². The molecule has 5 unspecified atom stereocenters. The second-order valence-electron chi connectivity index (χ2n) is 6.60. The van der Waals surface area contributed by atoms with E-state index in [0.29, 0.717) is 0 Å². The van der Waals surface area contributed by atoms with Gasteiger partial charge in [-0.25, -0.2) is 0 Å². The molecule has 1 N–H and O–H groups in total. The van der Waals surface area contributed by atoms with Crippen molar-refractivity contribution in [2.45, 2.75) is 64.3 Å². The van der Waals surface area contributed by atoms with E-state index in [2.05, 4.69) is 12.2 Å². The van der Waals surface area contributed by atoms with Crippen molar-refractivity contribution in [3.05, 3.63) is 0 Å². The van der Waals surface area contributed by atoms with Crippen molar-refractivity contribution < 1.29 is 0 Å². The summed E-state index contributed by atoms with van der Waals surface area (Å²) in [4.78, 5) is 0. The molecule has 3 aliphatic rings. The fourth-order valence-electron chi connectivity index (χ4n) is 4.86. The Morgan fingerprint density at radius 1 is 1.00 bits per heavy atom. The van der Waals surface area contributed by atoms with Gasteiger partial charge < -0.3 is 5.32 Å². The van der Waals surface area contributed by atoms with Crippen LogP contribution < -0.4 is 5.32 Å². The molecule has 3 saturated carbocycles. The standard InChI is InChI=1S/C15H27N/c1-2-16-15-6-4-12(10-15)9-14-8-11-3-5-13(14)7-11/h11-16H,2-10H2,1H3. The molecule has 3 rings (SSSR count). The number of fused-ring (bicyclic) bond motifs is 2. The summed E-state index contributed by atoms with van der Waals surface area (Å²) in [5, 5.41) is 3.63. The van der Waals surface area contributed by atoms with Crippen LogP contribution in [0.25, 0.3) is 0 Å². The fraction of sp³-hybridized carbons (Fsp3) is 1.00. The molecule has 3 fully saturated rings. The van der Waals surface area contributed by atoms with E-state index in [0.717, 1.165) is 36.3 Å². The van der Waals surface area contributed by atoms with Crippen molar-refractivity contribution in [2.75, 3.05) is 6.54 Å². The minimum Gasteiger partial charge on any atom is -0.314 e. The highest BCUT2D eigenvalue weighted by molar-refractivity contribution is 4.92. The van der Waals surface area contributed by atoms with E-state index in [1.54, 1.807) is 32.1 Å². The minimum absolute atomic E-state index is 0.855. The lowest BCUT2D eigenvalue weighted by Gasteiger charge is -2.24. The summed E-state index contributed by atoms with van der Waals surface area (Å²) in [5.74, 6) is 4.47. The number of rotatable bonds is 4. The first-order valence-electron chi connectivity index (χ1n) is 7.58. The molecule has 0 aromatic heterocycles. The molecule has 0 aliphatic heterocycles. The van der Waals surface area contributed by atoms with E-state index in [-0.39, 0.29) is 0 Å². The van der Waals surface area contributed by atoms with Gasteiger partial charge in [-0.05, 0) is 75.2 Å². The second kappa shape index (κ2) is 4.68. The summed E-state index contributed by atoms with van der Waals surface area (Å²) in [6.07, 6.45) is 12.3. The highest BCUT2D eigenvalue weighted by atomic mass is 14.9. The molecule has 1 heteroatoms. The Bertz CT molecular complexity index is 238. The molecule has 0 amide bonds. The Labute approximate surface area is 100 Å². The van der Waals surface area contributed by atoms with Gasteiger partial charge in [0.1, 0.15) is 0 Å². The quantitative estimate of drug-likeness (QED) is 0.765. The Kier molecular flexibility index (Phi) is 3.24. The third kappa shape index (κ3) is 2.16. The molecule has 0 spiro atoms. The van der Waals surface area contributed by atoms with E-state index in [1.807, 2.05) is 0 Å². The summed E-state index contributed by atoms with van der Waals surface area (Å²) < 4.78 is 0. The Balaban J connectivity index is 1.46. The van der Waals surface area contributed by atoms with Crippen molar-refractivity contribution in [1.29, 1.82) is 0 Å². The predicted octanol–water partition coefficient (Wildman–Crippen LogP) is 3.59. The van der Waals surface area contributed by atoms with Crippen LogP contribution in [0.3, 0.4) is 0 Å². The first-order valence-corrected chi connectivity index (χ1v) is 7.58. The maximum atomic E-state index is 3.63. The lowest BCUT2D eigenvalue weighted by molar-refractivity contribution is 0.267. The van der Waals surface area contributed by atoms with Gasteiger partial charge in [-0.1, -0.05) is 13.3 Å². The molecule has 0 radical (unpaired) electrons. The summed E-state index contributed by atoms with van der Waals surface area (Å²) in [6.45, 7) is 3.40. The average Bonchev–Trinajstić information content (AvgIpc) is 2.95. The molecule has 5 atom stereocenters. The van der Waals surface area contributed by atoms with Gasteiger partial charge in [0.2, 0.25) is 0 Å². The van der Waals surface area contributed by atoms with Gasteiger partial charge in [0.25, 0.3) is 0 Å². The first kappa shape index (κ1) is 11.1. The molecule has 2 bridgehead atoms. The number of nitrogens with one attached hydrogen (secondary N) is 1. The monoisotopic (exact) mass is 221 g/mol. The van der Waals surface area contributed by atoms with E-state index in [9.17, 15) is 0 Å². The van der Waals surface area contributed by atoms with Crippen molar-refractivity contribution >= 4 is 0 Å². The number of hydrogen-bond donors (Lipinski definition) is 1.